The maximum Gasteiger partial charge on any atom is 0.273 e. The van der Waals surface area contributed by atoms with E-state index in [4.69, 9.17) is 0 Å². The second kappa shape index (κ2) is 4.45. The highest BCUT2D eigenvalue weighted by molar-refractivity contribution is 5.69. The van der Waals surface area contributed by atoms with Gasteiger partial charge in [-0.1, -0.05) is 24.3 Å². The zero-order valence-corrected chi connectivity index (χ0v) is 10.3. The van der Waals surface area contributed by atoms with E-state index < -0.39 is 0 Å². The fourth-order valence-electron chi connectivity index (χ4n) is 1.93. The number of rotatable bonds is 2. The van der Waals surface area contributed by atoms with Gasteiger partial charge in [-0.15, -0.1) is 0 Å². The topological polar surface area (TPSA) is 34.0 Å². The monoisotopic (exact) mass is 228 g/mol. The van der Waals surface area contributed by atoms with Crippen molar-refractivity contribution in [3.05, 3.63) is 52.4 Å². The Morgan fingerprint density at radius 1 is 1.24 bits per heavy atom. The number of aryl methyl sites for hydroxylation is 2. The van der Waals surface area contributed by atoms with Crippen molar-refractivity contribution in [2.75, 3.05) is 12.4 Å². The maximum absolute atomic E-state index is 11.8. The molecule has 3 heteroatoms. The molecule has 17 heavy (non-hydrogen) atoms. The van der Waals surface area contributed by atoms with Gasteiger partial charge >= 0.3 is 0 Å². The van der Waals surface area contributed by atoms with Gasteiger partial charge in [0.1, 0.15) is 5.69 Å². The van der Waals surface area contributed by atoms with Crippen LogP contribution < -0.4 is 10.9 Å². The third-order valence-corrected chi connectivity index (χ3v) is 2.91. The number of anilines is 1. The highest BCUT2D eigenvalue weighted by Gasteiger charge is 2.06. The van der Waals surface area contributed by atoms with Crippen molar-refractivity contribution in [1.29, 1.82) is 0 Å². The van der Waals surface area contributed by atoms with E-state index in [0.717, 1.165) is 11.1 Å². The average Bonchev–Trinajstić information content (AvgIpc) is 2.33. The summed E-state index contributed by atoms with van der Waals surface area (Å²) in [6.45, 7) is 2.07. The van der Waals surface area contributed by atoms with E-state index >= 15 is 0 Å². The van der Waals surface area contributed by atoms with E-state index in [0.29, 0.717) is 5.69 Å². The summed E-state index contributed by atoms with van der Waals surface area (Å²) in [6, 6.07) is 10.0. The van der Waals surface area contributed by atoms with Crippen LogP contribution in [0.4, 0.5) is 5.69 Å². The van der Waals surface area contributed by atoms with Crippen LogP contribution in [0.3, 0.4) is 0 Å². The van der Waals surface area contributed by atoms with Gasteiger partial charge in [-0.05, 0) is 24.1 Å². The molecule has 2 rings (SSSR count). The molecule has 1 aromatic heterocycles. The fraction of sp³-hybridized carbons (Fsp3) is 0.214. The summed E-state index contributed by atoms with van der Waals surface area (Å²) in [7, 11) is 3.53. The molecular weight excluding hydrogens is 212 g/mol. The minimum Gasteiger partial charge on any atom is -0.384 e. The molecule has 0 saturated heterocycles. The van der Waals surface area contributed by atoms with Gasteiger partial charge in [0, 0.05) is 25.9 Å². The summed E-state index contributed by atoms with van der Waals surface area (Å²) >= 11 is 0. The van der Waals surface area contributed by atoms with Crippen molar-refractivity contribution >= 4 is 5.69 Å². The van der Waals surface area contributed by atoms with Crippen LogP contribution in [0.1, 0.15) is 5.56 Å². The van der Waals surface area contributed by atoms with Crippen molar-refractivity contribution in [1.82, 2.24) is 4.57 Å². The van der Waals surface area contributed by atoms with Gasteiger partial charge in [0.2, 0.25) is 0 Å². The van der Waals surface area contributed by atoms with Gasteiger partial charge in [0.25, 0.3) is 5.56 Å². The molecule has 0 atom stereocenters. The second-order valence-corrected chi connectivity index (χ2v) is 4.12. The van der Waals surface area contributed by atoms with Crippen LogP contribution in [0, 0.1) is 6.92 Å². The van der Waals surface area contributed by atoms with Crippen molar-refractivity contribution in [2.45, 2.75) is 6.92 Å². The maximum atomic E-state index is 11.8. The number of hydrogen-bond donors (Lipinski definition) is 1. The van der Waals surface area contributed by atoms with Crippen LogP contribution in [0.5, 0.6) is 0 Å². The molecule has 88 valence electrons. The fourth-order valence-corrected chi connectivity index (χ4v) is 1.93. The van der Waals surface area contributed by atoms with E-state index in [2.05, 4.69) is 24.4 Å². The van der Waals surface area contributed by atoms with Crippen molar-refractivity contribution in [2.24, 2.45) is 7.05 Å². The lowest BCUT2D eigenvalue weighted by molar-refractivity contribution is 0.864. The van der Waals surface area contributed by atoms with Gasteiger partial charge in [-0.2, -0.15) is 0 Å². The number of aromatic nitrogens is 1. The Labute approximate surface area is 101 Å². The molecule has 1 aromatic carbocycles. The molecule has 3 nitrogen and oxygen atoms in total. The highest BCUT2D eigenvalue weighted by atomic mass is 16.1. The summed E-state index contributed by atoms with van der Waals surface area (Å²) in [4.78, 5) is 11.8. The zero-order valence-electron chi connectivity index (χ0n) is 10.3. The molecule has 0 radical (unpaired) electrons. The molecule has 0 aliphatic carbocycles. The largest absolute Gasteiger partial charge is 0.384 e. The Morgan fingerprint density at radius 2 is 1.94 bits per heavy atom. The lowest BCUT2D eigenvalue weighted by Gasteiger charge is -2.10. The van der Waals surface area contributed by atoms with E-state index in [1.807, 2.05) is 24.4 Å². The Morgan fingerprint density at radius 3 is 2.59 bits per heavy atom. The molecule has 0 amide bonds. The third-order valence-electron chi connectivity index (χ3n) is 2.91. The average molecular weight is 228 g/mol. The van der Waals surface area contributed by atoms with Crippen LogP contribution >= 0.6 is 0 Å². The Bertz CT molecular complexity index is 599. The van der Waals surface area contributed by atoms with Crippen molar-refractivity contribution < 1.29 is 0 Å². The molecule has 0 aliphatic rings. The molecular formula is C14H16N2O. The predicted octanol–water partition coefficient (Wildman–Crippen LogP) is 2.40. The standard InChI is InChI=1S/C14H16N2O/c1-10-6-4-5-7-12(10)11-8-13(15-2)14(17)16(3)9-11/h4-9,15H,1-3H3. The summed E-state index contributed by atoms with van der Waals surface area (Å²) in [5.74, 6) is 0. The van der Waals surface area contributed by atoms with E-state index in [-0.39, 0.29) is 5.56 Å². The van der Waals surface area contributed by atoms with Gasteiger partial charge in [-0.25, -0.2) is 0 Å². The number of nitrogens with one attached hydrogen (secondary N) is 1. The van der Waals surface area contributed by atoms with Crippen molar-refractivity contribution in [3.8, 4) is 11.1 Å². The van der Waals surface area contributed by atoms with Gasteiger partial charge in [0.15, 0.2) is 0 Å². The minimum atomic E-state index is -0.00941. The van der Waals surface area contributed by atoms with Crippen LogP contribution in [0.2, 0.25) is 0 Å². The predicted molar refractivity (Wildman–Crippen MR) is 71.4 cm³/mol. The molecule has 1 heterocycles. The molecule has 0 saturated carbocycles. The van der Waals surface area contributed by atoms with Crippen molar-refractivity contribution in [3.63, 3.8) is 0 Å². The zero-order chi connectivity index (χ0) is 12.4. The van der Waals surface area contributed by atoms with Gasteiger partial charge < -0.3 is 9.88 Å². The molecule has 0 unspecified atom stereocenters. The molecule has 0 aliphatic heterocycles. The first-order valence-electron chi connectivity index (χ1n) is 5.58. The second-order valence-electron chi connectivity index (χ2n) is 4.12. The first kappa shape index (κ1) is 11.5. The summed E-state index contributed by atoms with van der Waals surface area (Å²) < 4.78 is 1.60. The quantitative estimate of drug-likeness (QED) is 0.856. The molecule has 1 N–H and O–H groups in total. The van der Waals surface area contributed by atoms with Gasteiger partial charge in [-0.3, -0.25) is 4.79 Å². The van der Waals surface area contributed by atoms with E-state index in [9.17, 15) is 4.79 Å². The first-order chi connectivity index (χ1) is 8.13. The molecule has 2 aromatic rings. The number of pyridine rings is 1. The summed E-state index contributed by atoms with van der Waals surface area (Å²) in [5.41, 5.74) is 4.01. The van der Waals surface area contributed by atoms with E-state index in [1.54, 1.807) is 18.7 Å². The Balaban J connectivity index is 2.65. The normalized spacial score (nSPS) is 10.3. The third kappa shape index (κ3) is 2.09. The molecule has 0 spiro atoms. The molecule has 0 fully saturated rings. The van der Waals surface area contributed by atoms with Crippen LogP contribution in [0.25, 0.3) is 11.1 Å². The van der Waals surface area contributed by atoms with Gasteiger partial charge in [0.05, 0.1) is 0 Å². The van der Waals surface area contributed by atoms with E-state index in [1.165, 1.54) is 5.56 Å². The highest BCUT2D eigenvalue weighted by Crippen LogP contribution is 2.23. The van der Waals surface area contributed by atoms with Crippen LogP contribution in [-0.4, -0.2) is 11.6 Å². The lowest BCUT2D eigenvalue weighted by Crippen LogP contribution is -2.19. The number of benzene rings is 1. The number of hydrogen-bond acceptors (Lipinski definition) is 2. The molecule has 0 bridgehead atoms. The van der Waals surface area contributed by atoms with Crippen LogP contribution in [-0.2, 0) is 7.05 Å². The Kier molecular flexibility index (Phi) is 3.00. The summed E-state index contributed by atoms with van der Waals surface area (Å²) in [6.07, 6.45) is 1.87. The smallest absolute Gasteiger partial charge is 0.273 e. The SMILES string of the molecule is CNc1cc(-c2ccccc2C)cn(C)c1=O. The lowest BCUT2D eigenvalue weighted by atomic mass is 10.0. The number of nitrogens with zero attached hydrogens (tertiary/aromatic N) is 1. The minimum absolute atomic E-state index is 0.00941. The summed E-state index contributed by atoms with van der Waals surface area (Å²) in [5, 5.41) is 2.93. The Hall–Kier alpha value is -2.03. The van der Waals surface area contributed by atoms with Crippen LogP contribution in [0.15, 0.2) is 41.3 Å². The first-order valence-corrected chi connectivity index (χ1v) is 5.58.